The Morgan fingerprint density at radius 1 is 1.18 bits per heavy atom. The number of rotatable bonds is 8. The van der Waals surface area contributed by atoms with E-state index in [4.69, 9.17) is 9.72 Å². The molecule has 6 rings (SSSR count). The van der Waals surface area contributed by atoms with Crippen molar-refractivity contribution in [3.63, 3.8) is 0 Å². The number of ether oxygens (including phenoxy) is 1. The molecule has 8 nitrogen and oxygen atoms in total. The van der Waals surface area contributed by atoms with Crippen LogP contribution in [0, 0.1) is 5.82 Å². The van der Waals surface area contributed by atoms with Gasteiger partial charge in [0.1, 0.15) is 29.4 Å². The average Bonchev–Trinajstić information content (AvgIpc) is 3.47. The lowest BCUT2D eigenvalue weighted by Crippen LogP contribution is -2.51. The third-order valence-corrected chi connectivity index (χ3v) is 9.02. The number of benzene rings is 1. The summed E-state index contributed by atoms with van der Waals surface area (Å²) in [7, 11) is 2.16. The van der Waals surface area contributed by atoms with E-state index in [0.717, 1.165) is 63.7 Å². The van der Waals surface area contributed by atoms with Gasteiger partial charge < -0.3 is 20.1 Å². The van der Waals surface area contributed by atoms with Gasteiger partial charge in [0.25, 0.3) is 0 Å². The zero-order valence-corrected chi connectivity index (χ0v) is 23.2. The van der Waals surface area contributed by atoms with Gasteiger partial charge >= 0.3 is 6.01 Å². The quantitative estimate of drug-likeness (QED) is 0.431. The molecule has 3 fully saturated rings. The Bertz CT molecular complexity index is 1360. The van der Waals surface area contributed by atoms with Gasteiger partial charge in [0.15, 0.2) is 5.82 Å². The Hall–Kier alpha value is -3.04. The Labute approximate surface area is 229 Å². The number of anilines is 1. The number of aryl methyl sites for hydroxylation is 1. The Morgan fingerprint density at radius 3 is 2.67 bits per heavy atom. The molecule has 0 saturated carbocycles. The first-order chi connectivity index (χ1) is 18.9. The van der Waals surface area contributed by atoms with Crippen LogP contribution in [0.15, 0.2) is 24.4 Å². The van der Waals surface area contributed by atoms with Gasteiger partial charge in [-0.25, -0.2) is 4.39 Å². The molecular formula is C30H39FN6O2. The standard InChI is InChI=1S/C30H39FN6O2/c1-4-11-30(12-6-13-36(30)3)18-39-29-34-27-24(28(35-29)37-16-20-8-9-21(17-37)33-20)15-32-26(25(27)31)23-14-22(38)10-7-19(23)5-2/h7,10,14-15,20-21,33,38H,4-6,8-9,11-13,16-18H2,1-3H3. The van der Waals surface area contributed by atoms with Crippen LogP contribution in [0.5, 0.6) is 11.8 Å². The molecule has 3 aliphatic heterocycles. The van der Waals surface area contributed by atoms with Gasteiger partial charge in [-0.15, -0.1) is 0 Å². The highest BCUT2D eigenvalue weighted by Crippen LogP contribution is 2.37. The van der Waals surface area contributed by atoms with Crippen LogP contribution in [0.3, 0.4) is 0 Å². The number of piperazine rings is 1. The molecule has 1 aromatic carbocycles. The number of likely N-dealkylation sites (tertiary alicyclic amines) is 1. The maximum Gasteiger partial charge on any atom is 0.319 e. The molecule has 39 heavy (non-hydrogen) atoms. The second-order valence-corrected chi connectivity index (χ2v) is 11.5. The lowest BCUT2D eigenvalue weighted by molar-refractivity contribution is 0.0828. The summed E-state index contributed by atoms with van der Waals surface area (Å²) in [6, 6.07) is 6.02. The zero-order valence-electron chi connectivity index (χ0n) is 23.2. The molecule has 2 aromatic heterocycles. The van der Waals surface area contributed by atoms with E-state index in [2.05, 4.69) is 39.1 Å². The van der Waals surface area contributed by atoms with Crippen molar-refractivity contribution in [3.05, 3.63) is 35.8 Å². The maximum absolute atomic E-state index is 16.4. The number of phenolic OH excluding ortho intramolecular Hbond substituents is 1. The van der Waals surface area contributed by atoms with Crippen molar-refractivity contribution in [2.24, 2.45) is 0 Å². The summed E-state index contributed by atoms with van der Waals surface area (Å²) in [5.74, 6) is 0.247. The molecule has 3 saturated heterocycles. The first-order valence-electron chi connectivity index (χ1n) is 14.4. The summed E-state index contributed by atoms with van der Waals surface area (Å²) in [6.07, 6.45) is 8.94. The minimum Gasteiger partial charge on any atom is -0.508 e. The van der Waals surface area contributed by atoms with Crippen molar-refractivity contribution < 1.29 is 14.2 Å². The van der Waals surface area contributed by atoms with Crippen LogP contribution in [0.4, 0.5) is 10.2 Å². The van der Waals surface area contributed by atoms with Crippen molar-refractivity contribution in [1.82, 2.24) is 25.2 Å². The highest BCUT2D eigenvalue weighted by molar-refractivity contribution is 5.92. The summed E-state index contributed by atoms with van der Waals surface area (Å²) >= 11 is 0. The number of likely N-dealkylation sites (N-methyl/N-ethyl adjacent to an activating group) is 1. The molecule has 0 aliphatic carbocycles. The van der Waals surface area contributed by atoms with Crippen LogP contribution in [0.2, 0.25) is 0 Å². The lowest BCUT2D eigenvalue weighted by Gasteiger charge is -2.36. The second kappa shape index (κ2) is 10.5. The molecule has 0 spiro atoms. The number of aromatic hydroxyl groups is 1. The number of hydrogen-bond acceptors (Lipinski definition) is 8. The van der Waals surface area contributed by atoms with Crippen LogP contribution in [-0.2, 0) is 6.42 Å². The van der Waals surface area contributed by atoms with E-state index in [0.29, 0.717) is 41.9 Å². The Balaban J connectivity index is 1.44. The molecule has 5 heterocycles. The number of nitrogens with zero attached hydrogens (tertiary/aromatic N) is 5. The summed E-state index contributed by atoms with van der Waals surface area (Å²) in [4.78, 5) is 18.7. The molecule has 208 valence electrons. The number of nitrogens with one attached hydrogen (secondary N) is 1. The molecule has 0 radical (unpaired) electrons. The van der Waals surface area contributed by atoms with Gasteiger partial charge in [-0.05, 0) is 69.8 Å². The van der Waals surface area contributed by atoms with E-state index in [9.17, 15) is 5.11 Å². The predicted molar refractivity (Wildman–Crippen MR) is 151 cm³/mol. The SMILES string of the molecule is CCCC1(COc2nc(N3CC4CCC(C3)N4)c3cnc(-c4cc(O)ccc4CC)c(F)c3n2)CCCN1C. The molecular weight excluding hydrogens is 495 g/mol. The van der Waals surface area contributed by atoms with Crippen LogP contribution < -0.4 is 15.0 Å². The summed E-state index contributed by atoms with van der Waals surface area (Å²) in [5, 5.41) is 14.4. The van der Waals surface area contributed by atoms with Crippen LogP contribution >= 0.6 is 0 Å². The van der Waals surface area contributed by atoms with E-state index in [1.165, 1.54) is 0 Å². The van der Waals surface area contributed by atoms with E-state index >= 15 is 4.39 Å². The van der Waals surface area contributed by atoms with Gasteiger partial charge in [-0.3, -0.25) is 9.88 Å². The largest absolute Gasteiger partial charge is 0.508 e. The molecule has 2 N–H and O–H groups in total. The van der Waals surface area contributed by atoms with Gasteiger partial charge in [0.2, 0.25) is 0 Å². The van der Waals surface area contributed by atoms with E-state index in [-0.39, 0.29) is 28.5 Å². The van der Waals surface area contributed by atoms with Gasteiger partial charge in [-0.2, -0.15) is 9.97 Å². The topological polar surface area (TPSA) is 86.6 Å². The van der Waals surface area contributed by atoms with Crippen LogP contribution in [0.1, 0.15) is 57.9 Å². The van der Waals surface area contributed by atoms with Crippen molar-refractivity contribution in [2.45, 2.75) is 76.4 Å². The number of pyridine rings is 1. The first-order valence-corrected chi connectivity index (χ1v) is 14.4. The third-order valence-electron chi connectivity index (χ3n) is 9.02. The normalized spacial score (nSPS) is 25.1. The van der Waals surface area contributed by atoms with E-state index in [1.54, 1.807) is 18.3 Å². The fourth-order valence-corrected chi connectivity index (χ4v) is 6.89. The van der Waals surface area contributed by atoms with E-state index < -0.39 is 5.82 Å². The average molecular weight is 535 g/mol. The zero-order chi connectivity index (χ0) is 27.1. The van der Waals surface area contributed by atoms with Gasteiger partial charge in [-0.1, -0.05) is 26.3 Å². The van der Waals surface area contributed by atoms with Crippen molar-refractivity contribution >= 4 is 16.7 Å². The molecule has 3 atom stereocenters. The summed E-state index contributed by atoms with van der Waals surface area (Å²) in [6.45, 7) is 7.34. The number of halogens is 1. The number of fused-ring (bicyclic) bond motifs is 3. The smallest absolute Gasteiger partial charge is 0.319 e. The number of aromatic nitrogens is 3. The molecule has 3 aliphatic rings. The molecule has 3 unspecified atom stereocenters. The van der Waals surface area contributed by atoms with E-state index in [1.807, 2.05) is 13.0 Å². The number of hydrogen-bond donors (Lipinski definition) is 2. The molecule has 0 amide bonds. The van der Waals surface area contributed by atoms with Crippen molar-refractivity contribution in [2.75, 3.05) is 38.2 Å². The fourth-order valence-electron chi connectivity index (χ4n) is 6.89. The third kappa shape index (κ3) is 4.80. The Kier molecular flexibility index (Phi) is 7.05. The molecule has 2 bridgehead atoms. The Morgan fingerprint density at radius 2 is 1.97 bits per heavy atom. The highest BCUT2D eigenvalue weighted by atomic mass is 19.1. The van der Waals surface area contributed by atoms with Crippen molar-refractivity contribution in [1.29, 1.82) is 0 Å². The molecule has 3 aromatic rings. The summed E-state index contributed by atoms with van der Waals surface area (Å²) in [5.41, 5.74) is 1.83. The molecule has 9 heteroatoms. The van der Waals surface area contributed by atoms with Crippen LogP contribution in [0.25, 0.3) is 22.2 Å². The van der Waals surface area contributed by atoms with Gasteiger partial charge in [0.05, 0.1) is 10.9 Å². The lowest BCUT2D eigenvalue weighted by atomic mass is 9.92. The summed E-state index contributed by atoms with van der Waals surface area (Å²) < 4.78 is 22.7. The predicted octanol–water partition coefficient (Wildman–Crippen LogP) is 4.68. The minimum atomic E-state index is -0.513. The maximum atomic E-state index is 16.4. The first kappa shape index (κ1) is 26.2. The van der Waals surface area contributed by atoms with Crippen LogP contribution in [-0.4, -0.2) is 75.9 Å². The van der Waals surface area contributed by atoms with Crippen molar-refractivity contribution in [3.8, 4) is 23.0 Å². The fraction of sp³-hybridized carbons (Fsp3) is 0.567. The number of phenols is 1. The van der Waals surface area contributed by atoms with Gasteiger partial charge in [0, 0.05) is 36.9 Å². The highest BCUT2D eigenvalue weighted by Gasteiger charge is 2.39. The monoisotopic (exact) mass is 534 g/mol. The minimum absolute atomic E-state index is 0.0546. The second-order valence-electron chi connectivity index (χ2n) is 11.5.